The number of aryl methyl sites for hydroxylation is 2. The normalized spacial score (nSPS) is 16.8. The molecule has 0 amide bonds. The predicted molar refractivity (Wildman–Crippen MR) is 84.7 cm³/mol. The Labute approximate surface area is 127 Å². The minimum Gasteiger partial charge on any atom is -0.399 e. The average Bonchev–Trinajstić information content (AvgIpc) is 2.86. The van der Waals surface area contributed by atoms with Gasteiger partial charge < -0.3 is 11.1 Å². The summed E-state index contributed by atoms with van der Waals surface area (Å²) in [6, 6.07) is 6.07. The Morgan fingerprint density at radius 3 is 3.10 bits per heavy atom. The number of hydrogen-bond acceptors (Lipinski definition) is 4. The second kappa shape index (κ2) is 5.41. The van der Waals surface area contributed by atoms with E-state index < -0.39 is 0 Å². The summed E-state index contributed by atoms with van der Waals surface area (Å²) in [5.41, 5.74) is 9.36. The highest BCUT2D eigenvalue weighted by Crippen LogP contribution is 2.35. The quantitative estimate of drug-likeness (QED) is 0.855. The lowest BCUT2D eigenvalue weighted by molar-refractivity contribution is 0.615. The SMILES string of the molecule is CCn1ncc(NC2CCc3cc(N)ccc32)c(Cl)c1=O. The molecule has 0 fully saturated rings. The van der Waals surface area contributed by atoms with Crippen molar-refractivity contribution >= 4 is 23.0 Å². The van der Waals surface area contributed by atoms with Crippen LogP contribution in [0.4, 0.5) is 11.4 Å². The van der Waals surface area contributed by atoms with Gasteiger partial charge in [-0.1, -0.05) is 17.7 Å². The zero-order valence-electron chi connectivity index (χ0n) is 11.8. The third-order valence-corrected chi connectivity index (χ3v) is 4.22. The Balaban J connectivity index is 1.90. The Morgan fingerprint density at radius 2 is 2.33 bits per heavy atom. The number of nitrogens with one attached hydrogen (secondary N) is 1. The summed E-state index contributed by atoms with van der Waals surface area (Å²) in [7, 11) is 0. The molecule has 1 heterocycles. The van der Waals surface area contributed by atoms with Crippen LogP contribution in [-0.4, -0.2) is 9.78 Å². The Morgan fingerprint density at radius 1 is 1.52 bits per heavy atom. The van der Waals surface area contributed by atoms with Gasteiger partial charge in [-0.15, -0.1) is 0 Å². The smallest absolute Gasteiger partial charge is 0.287 e. The van der Waals surface area contributed by atoms with Crippen molar-refractivity contribution in [2.75, 3.05) is 11.1 Å². The third-order valence-electron chi connectivity index (χ3n) is 3.86. The van der Waals surface area contributed by atoms with Crippen molar-refractivity contribution in [2.24, 2.45) is 0 Å². The zero-order valence-corrected chi connectivity index (χ0v) is 12.5. The van der Waals surface area contributed by atoms with E-state index in [4.69, 9.17) is 17.3 Å². The van der Waals surface area contributed by atoms with E-state index in [2.05, 4.69) is 10.4 Å². The maximum absolute atomic E-state index is 12.0. The molecule has 1 aliphatic rings. The average molecular weight is 305 g/mol. The van der Waals surface area contributed by atoms with E-state index >= 15 is 0 Å². The number of nitrogen functional groups attached to an aromatic ring is 1. The number of hydrogen-bond donors (Lipinski definition) is 2. The molecule has 1 unspecified atom stereocenters. The second-order valence-corrected chi connectivity index (χ2v) is 5.56. The van der Waals surface area contributed by atoms with Crippen molar-refractivity contribution < 1.29 is 0 Å². The van der Waals surface area contributed by atoms with E-state index in [0.717, 1.165) is 18.5 Å². The summed E-state index contributed by atoms with van der Waals surface area (Å²) >= 11 is 6.15. The van der Waals surface area contributed by atoms with Gasteiger partial charge in [-0.05, 0) is 43.0 Å². The van der Waals surface area contributed by atoms with E-state index in [1.165, 1.54) is 15.8 Å². The summed E-state index contributed by atoms with van der Waals surface area (Å²) in [4.78, 5) is 12.0. The Bertz CT molecular complexity index is 741. The number of nitrogens with two attached hydrogens (primary N) is 1. The lowest BCUT2D eigenvalue weighted by Crippen LogP contribution is -2.23. The van der Waals surface area contributed by atoms with Crippen molar-refractivity contribution in [3.8, 4) is 0 Å². The van der Waals surface area contributed by atoms with Crippen LogP contribution in [0.1, 0.15) is 30.5 Å². The minimum absolute atomic E-state index is 0.136. The number of aromatic nitrogens is 2. The van der Waals surface area contributed by atoms with E-state index in [1.807, 2.05) is 25.1 Å². The van der Waals surface area contributed by atoms with Gasteiger partial charge in [-0.2, -0.15) is 5.10 Å². The van der Waals surface area contributed by atoms with Gasteiger partial charge in [0.05, 0.1) is 17.9 Å². The van der Waals surface area contributed by atoms with Crippen molar-refractivity contribution in [2.45, 2.75) is 32.4 Å². The predicted octanol–water partition coefficient (Wildman–Crippen LogP) is 2.60. The molecule has 1 atom stereocenters. The molecule has 3 N–H and O–H groups in total. The Hall–Kier alpha value is -2.01. The third kappa shape index (κ3) is 2.49. The number of fused-ring (bicyclic) bond motifs is 1. The molecular formula is C15H17ClN4O. The lowest BCUT2D eigenvalue weighted by atomic mass is 10.1. The standard InChI is InChI=1S/C15H17ClN4O/c1-2-20-15(21)14(16)13(8-18-20)19-12-6-3-9-7-10(17)4-5-11(9)12/h4-5,7-8,12,19H,2-3,6,17H2,1H3. The van der Waals surface area contributed by atoms with Gasteiger partial charge in [0.25, 0.3) is 5.56 Å². The first kappa shape index (κ1) is 13.9. The molecule has 3 rings (SSSR count). The van der Waals surface area contributed by atoms with Gasteiger partial charge in [0.2, 0.25) is 0 Å². The topological polar surface area (TPSA) is 72.9 Å². The molecule has 5 nitrogen and oxygen atoms in total. The fraction of sp³-hybridized carbons (Fsp3) is 0.333. The monoisotopic (exact) mass is 304 g/mol. The first-order valence-electron chi connectivity index (χ1n) is 7.00. The van der Waals surface area contributed by atoms with Crippen molar-refractivity contribution in [3.63, 3.8) is 0 Å². The van der Waals surface area contributed by atoms with Crippen molar-refractivity contribution in [3.05, 3.63) is 50.9 Å². The molecule has 0 bridgehead atoms. The fourth-order valence-electron chi connectivity index (χ4n) is 2.77. The van der Waals surface area contributed by atoms with Crippen molar-refractivity contribution in [1.82, 2.24) is 9.78 Å². The molecule has 0 radical (unpaired) electrons. The molecule has 1 aliphatic carbocycles. The van der Waals surface area contributed by atoms with Gasteiger partial charge in [-0.3, -0.25) is 4.79 Å². The molecule has 6 heteroatoms. The molecule has 0 spiro atoms. The minimum atomic E-state index is -0.264. The van der Waals surface area contributed by atoms with Crippen molar-refractivity contribution in [1.29, 1.82) is 0 Å². The molecule has 1 aromatic carbocycles. The fourth-order valence-corrected chi connectivity index (χ4v) is 2.97. The summed E-state index contributed by atoms with van der Waals surface area (Å²) in [5.74, 6) is 0. The first-order valence-corrected chi connectivity index (χ1v) is 7.38. The van der Waals surface area contributed by atoms with Crippen LogP contribution in [0.3, 0.4) is 0 Å². The van der Waals surface area contributed by atoms with Gasteiger partial charge >= 0.3 is 0 Å². The van der Waals surface area contributed by atoms with E-state index in [9.17, 15) is 4.79 Å². The van der Waals surface area contributed by atoms with E-state index in [-0.39, 0.29) is 16.6 Å². The Kier molecular flexibility index (Phi) is 3.59. The number of benzene rings is 1. The number of halogens is 1. The van der Waals surface area contributed by atoms with E-state index in [1.54, 1.807) is 6.20 Å². The van der Waals surface area contributed by atoms with Crippen LogP contribution in [0.5, 0.6) is 0 Å². The van der Waals surface area contributed by atoms with Crippen LogP contribution in [0, 0.1) is 0 Å². The highest BCUT2D eigenvalue weighted by molar-refractivity contribution is 6.32. The van der Waals surface area contributed by atoms with Crippen LogP contribution in [0.2, 0.25) is 5.02 Å². The van der Waals surface area contributed by atoms with Crippen LogP contribution in [0.25, 0.3) is 0 Å². The molecular weight excluding hydrogens is 288 g/mol. The number of rotatable bonds is 3. The maximum Gasteiger partial charge on any atom is 0.287 e. The summed E-state index contributed by atoms with van der Waals surface area (Å²) in [6.07, 6.45) is 3.53. The maximum atomic E-state index is 12.0. The van der Waals surface area contributed by atoms with Gasteiger partial charge in [-0.25, -0.2) is 4.68 Å². The molecule has 110 valence electrons. The molecule has 0 saturated carbocycles. The molecule has 21 heavy (non-hydrogen) atoms. The summed E-state index contributed by atoms with van der Waals surface area (Å²) < 4.78 is 1.34. The number of nitrogens with zero attached hydrogens (tertiary/aromatic N) is 2. The summed E-state index contributed by atoms with van der Waals surface area (Å²) in [6.45, 7) is 2.36. The van der Waals surface area contributed by atoms with Gasteiger partial charge in [0.1, 0.15) is 5.02 Å². The van der Waals surface area contributed by atoms with Gasteiger partial charge in [0, 0.05) is 12.2 Å². The first-order chi connectivity index (χ1) is 10.1. The highest BCUT2D eigenvalue weighted by atomic mass is 35.5. The molecule has 0 aliphatic heterocycles. The lowest BCUT2D eigenvalue weighted by Gasteiger charge is -2.16. The highest BCUT2D eigenvalue weighted by Gasteiger charge is 2.23. The van der Waals surface area contributed by atoms with Gasteiger partial charge in [0.15, 0.2) is 0 Å². The zero-order chi connectivity index (χ0) is 15.0. The molecule has 0 saturated heterocycles. The van der Waals surface area contributed by atoms with Crippen LogP contribution >= 0.6 is 11.6 Å². The van der Waals surface area contributed by atoms with E-state index in [0.29, 0.717) is 12.2 Å². The van der Waals surface area contributed by atoms with Crippen LogP contribution in [0.15, 0.2) is 29.2 Å². The molecule has 2 aromatic rings. The second-order valence-electron chi connectivity index (χ2n) is 5.19. The van der Waals surface area contributed by atoms with Crippen LogP contribution in [-0.2, 0) is 13.0 Å². The largest absolute Gasteiger partial charge is 0.399 e. The summed E-state index contributed by atoms with van der Waals surface area (Å²) in [5, 5.41) is 7.63. The van der Waals surface area contributed by atoms with Crippen LogP contribution < -0.4 is 16.6 Å². The molecule has 1 aromatic heterocycles. The number of anilines is 2.